The molecule has 0 atom stereocenters. The molecule has 0 radical (unpaired) electrons. The highest BCUT2D eigenvalue weighted by Crippen LogP contribution is 2.31. The number of thioether (sulfide) groups is 1. The Labute approximate surface area is 121 Å². The van der Waals surface area contributed by atoms with E-state index >= 15 is 0 Å². The lowest BCUT2D eigenvalue weighted by Gasteiger charge is -2.09. The highest BCUT2D eigenvalue weighted by molar-refractivity contribution is 7.98. The van der Waals surface area contributed by atoms with Gasteiger partial charge in [0.2, 0.25) is 0 Å². The molecule has 2 rings (SSSR count). The van der Waals surface area contributed by atoms with Crippen LogP contribution in [0.4, 0.5) is 4.39 Å². The van der Waals surface area contributed by atoms with E-state index in [0.29, 0.717) is 11.3 Å². The van der Waals surface area contributed by atoms with Crippen molar-refractivity contribution in [2.24, 2.45) is 0 Å². The molecule has 2 aromatic carbocycles. The number of hydrogen-bond donors (Lipinski definition) is 2. The molecule has 0 spiro atoms. The summed E-state index contributed by atoms with van der Waals surface area (Å²) in [5.41, 5.74) is 0.652. The minimum Gasteiger partial charge on any atom is -0.496 e. The van der Waals surface area contributed by atoms with Gasteiger partial charge in [-0.1, -0.05) is 24.3 Å². The summed E-state index contributed by atoms with van der Waals surface area (Å²) in [7, 11) is -0.0577. The van der Waals surface area contributed by atoms with Crippen molar-refractivity contribution in [1.82, 2.24) is 0 Å². The van der Waals surface area contributed by atoms with Crippen molar-refractivity contribution >= 4 is 24.3 Å². The van der Waals surface area contributed by atoms with Crippen LogP contribution in [0, 0.1) is 5.82 Å². The van der Waals surface area contributed by atoms with Gasteiger partial charge in [0, 0.05) is 10.6 Å². The van der Waals surface area contributed by atoms with Crippen LogP contribution in [0.2, 0.25) is 0 Å². The van der Waals surface area contributed by atoms with E-state index in [9.17, 15) is 4.39 Å². The molecular weight excluding hydrogens is 278 g/mol. The van der Waals surface area contributed by atoms with Gasteiger partial charge in [0.1, 0.15) is 11.6 Å². The molecule has 0 bridgehead atoms. The Kier molecular flexibility index (Phi) is 5.06. The number of halogens is 1. The molecule has 6 heteroatoms. The van der Waals surface area contributed by atoms with E-state index in [0.717, 1.165) is 16.7 Å². The quantitative estimate of drug-likeness (QED) is 0.652. The summed E-state index contributed by atoms with van der Waals surface area (Å²) in [6, 6.07) is 11.7. The predicted octanol–water partition coefficient (Wildman–Crippen LogP) is 1.81. The molecule has 3 nitrogen and oxygen atoms in total. The third-order valence-corrected chi connectivity index (χ3v) is 3.93. The number of rotatable bonds is 5. The summed E-state index contributed by atoms with van der Waals surface area (Å²) >= 11 is 1.46. The van der Waals surface area contributed by atoms with Crippen LogP contribution in [-0.4, -0.2) is 24.3 Å². The maximum Gasteiger partial charge on any atom is 0.488 e. The zero-order valence-electron chi connectivity index (χ0n) is 10.9. The van der Waals surface area contributed by atoms with Crippen molar-refractivity contribution in [2.75, 3.05) is 7.11 Å². The van der Waals surface area contributed by atoms with E-state index < -0.39 is 12.9 Å². The first-order valence-corrected chi connectivity index (χ1v) is 7.00. The molecule has 0 saturated carbocycles. The Bertz CT molecular complexity index is 592. The SMILES string of the molecule is COc1ccccc1SCc1ccc(B(O)O)cc1F. The van der Waals surface area contributed by atoms with E-state index in [1.54, 1.807) is 13.2 Å². The van der Waals surface area contributed by atoms with Crippen LogP contribution in [0.1, 0.15) is 5.56 Å². The monoisotopic (exact) mass is 292 g/mol. The smallest absolute Gasteiger partial charge is 0.488 e. The van der Waals surface area contributed by atoms with Crippen LogP contribution in [0.15, 0.2) is 47.4 Å². The normalized spacial score (nSPS) is 10.4. The molecule has 2 N–H and O–H groups in total. The summed E-state index contributed by atoms with van der Waals surface area (Å²) in [5, 5.41) is 18.0. The van der Waals surface area contributed by atoms with E-state index in [4.69, 9.17) is 14.8 Å². The number of ether oxygens (including phenoxy) is 1. The average Bonchev–Trinajstić information content (AvgIpc) is 2.46. The number of hydrogen-bond acceptors (Lipinski definition) is 4. The largest absolute Gasteiger partial charge is 0.496 e. The van der Waals surface area contributed by atoms with Gasteiger partial charge >= 0.3 is 7.12 Å². The second-order valence-corrected chi connectivity index (χ2v) is 5.18. The number of benzene rings is 2. The van der Waals surface area contributed by atoms with Gasteiger partial charge in [0.25, 0.3) is 0 Å². The van der Waals surface area contributed by atoms with Gasteiger partial charge in [-0.3, -0.25) is 0 Å². The Hall–Kier alpha value is -1.50. The van der Waals surface area contributed by atoms with Crippen LogP contribution in [0.3, 0.4) is 0 Å². The first-order valence-electron chi connectivity index (χ1n) is 6.02. The van der Waals surface area contributed by atoms with Crippen molar-refractivity contribution in [3.05, 3.63) is 53.8 Å². The summed E-state index contributed by atoms with van der Waals surface area (Å²) in [5.74, 6) is 0.742. The van der Waals surface area contributed by atoms with Gasteiger partial charge in [-0.25, -0.2) is 4.39 Å². The van der Waals surface area contributed by atoms with Gasteiger partial charge in [-0.05, 0) is 29.2 Å². The molecule has 0 aliphatic carbocycles. The number of para-hydroxylation sites is 1. The third kappa shape index (κ3) is 3.53. The van der Waals surface area contributed by atoms with E-state index in [1.165, 1.54) is 17.8 Å². The van der Waals surface area contributed by atoms with Crippen molar-refractivity contribution < 1.29 is 19.2 Å². The zero-order chi connectivity index (χ0) is 14.5. The highest BCUT2D eigenvalue weighted by Gasteiger charge is 2.14. The molecule has 0 aromatic heterocycles. The maximum absolute atomic E-state index is 13.8. The van der Waals surface area contributed by atoms with Crippen LogP contribution < -0.4 is 10.2 Å². The second-order valence-electron chi connectivity index (χ2n) is 4.16. The highest BCUT2D eigenvalue weighted by atomic mass is 32.2. The van der Waals surface area contributed by atoms with Crippen molar-refractivity contribution in [3.8, 4) is 5.75 Å². The standard InChI is InChI=1S/C14H14BFO3S/c1-19-13-4-2-3-5-14(13)20-9-10-6-7-11(15(17)18)8-12(10)16/h2-8,17-18H,9H2,1H3. The minimum atomic E-state index is -1.65. The van der Waals surface area contributed by atoms with Crippen molar-refractivity contribution in [1.29, 1.82) is 0 Å². The van der Waals surface area contributed by atoms with E-state index in [-0.39, 0.29) is 5.46 Å². The number of methoxy groups -OCH3 is 1. The average molecular weight is 292 g/mol. The minimum absolute atomic E-state index is 0.147. The van der Waals surface area contributed by atoms with Crippen LogP contribution in [0.5, 0.6) is 5.75 Å². The first kappa shape index (κ1) is 14.9. The summed E-state index contributed by atoms with van der Waals surface area (Å²) in [4.78, 5) is 0.931. The third-order valence-electron chi connectivity index (χ3n) is 2.83. The van der Waals surface area contributed by atoms with Gasteiger partial charge < -0.3 is 14.8 Å². The first-order chi connectivity index (χ1) is 9.61. The van der Waals surface area contributed by atoms with Crippen LogP contribution in [0.25, 0.3) is 0 Å². The van der Waals surface area contributed by atoms with Gasteiger partial charge in [-0.15, -0.1) is 11.8 Å². The second kappa shape index (κ2) is 6.79. The summed E-state index contributed by atoms with van der Waals surface area (Å²) in [6.07, 6.45) is 0. The maximum atomic E-state index is 13.8. The van der Waals surface area contributed by atoms with Crippen molar-refractivity contribution in [2.45, 2.75) is 10.6 Å². The molecule has 20 heavy (non-hydrogen) atoms. The Morgan fingerprint density at radius 3 is 2.60 bits per heavy atom. The molecule has 0 unspecified atom stereocenters. The summed E-state index contributed by atoms with van der Waals surface area (Å²) in [6.45, 7) is 0. The topological polar surface area (TPSA) is 49.7 Å². The van der Waals surface area contributed by atoms with Crippen LogP contribution >= 0.6 is 11.8 Å². The van der Waals surface area contributed by atoms with Gasteiger partial charge in [-0.2, -0.15) is 0 Å². The lowest BCUT2D eigenvalue weighted by Crippen LogP contribution is -2.30. The van der Waals surface area contributed by atoms with Gasteiger partial charge in [0.15, 0.2) is 0 Å². The van der Waals surface area contributed by atoms with Gasteiger partial charge in [0.05, 0.1) is 7.11 Å². The Morgan fingerprint density at radius 1 is 1.20 bits per heavy atom. The fraction of sp³-hybridized carbons (Fsp3) is 0.143. The molecule has 0 amide bonds. The van der Waals surface area contributed by atoms with Crippen molar-refractivity contribution in [3.63, 3.8) is 0 Å². The predicted molar refractivity (Wildman–Crippen MR) is 78.8 cm³/mol. The fourth-order valence-electron chi connectivity index (χ4n) is 1.73. The lowest BCUT2D eigenvalue weighted by molar-refractivity contribution is 0.405. The molecule has 0 saturated heterocycles. The molecule has 0 heterocycles. The van der Waals surface area contributed by atoms with E-state index in [1.807, 2.05) is 24.3 Å². The molecule has 0 aliphatic rings. The molecule has 2 aromatic rings. The molecular formula is C14H14BFO3S. The fourth-order valence-corrected chi connectivity index (χ4v) is 2.75. The Morgan fingerprint density at radius 2 is 1.95 bits per heavy atom. The van der Waals surface area contributed by atoms with E-state index in [2.05, 4.69) is 0 Å². The molecule has 104 valence electrons. The lowest BCUT2D eigenvalue weighted by atomic mass is 9.80. The molecule has 0 fully saturated rings. The zero-order valence-corrected chi connectivity index (χ0v) is 11.7. The summed E-state index contributed by atoms with van der Waals surface area (Å²) < 4.78 is 19.1. The molecule has 0 aliphatic heterocycles. The van der Waals surface area contributed by atoms with Crippen LogP contribution in [-0.2, 0) is 5.75 Å². The Balaban J connectivity index is 2.11.